The summed E-state index contributed by atoms with van der Waals surface area (Å²) in [6.07, 6.45) is 1.51. The molecule has 1 aromatic heterocycles. The average Bonchev–Trinajstić information content (AvgIpc) is 2.72. The number of hydrogen-bond donors (Lipinski definition) is 1. The highest BCUT2D eigenvalue weighted by Crippen LogP contribution is 2.32. The van der Waals surface area contributed by atoms with Gasteiger partial charge in [0, 0.05) is 30.2 Å². The molecule has 152 valence electrons. The molecule has 1 amide bonds. The second kappa shape index (κ2) is 8.34. The van der Waals surface area contributed by atoms with E-state index >= 15 is 0 Å². The van der Waals surface area contributed by atoms with Crippen molar-refractivity contribution in [3.8, 4) is 11.5 Å². The Bertz CT molecular complexity index is 1140. The van der Waals surface area contributed by atoms with Crippen LogP contribution in [0.3, 0.4) is 0 Å². The van der Waals surface area contributed by atoms with Crippen LogP contribution in [0.5, 0.6) is 11.5 Å². The Kier molecular flexibility index (Phi) is 5.87. The number of halogens is 1. The number of pyridine rings is 1. The van der Waals surface area contributed by atoms with Crippen molar-refractivity contribution in [3.63, 3.8) is 0 Å². The highest BCUT2D eigenvalue weighted by Gasteiger charge is 2.18. The van der Waals surface area contributed by atoms with Gasteiger partial charge in [-0.1, -0.05) is 12.1 Å². The standard InChI is InChI=1S/C22H23FN2O4/c1-5-25-12-17(21(26)24-11-14-7-6-13(2)8-18(14)23)15-9-19(28-3)20(29-4)10-16(15)22(25)27/h6-10,12H,5,11H2,1-4H3,(H,24,26). The number of aryl methyl sites for hydroxylation is 2. The fourth-order valence-electron chi connectivity index (χ4n) is 3.20. The van der Waals surface area contributed by atoms with E-state index in [4.69, 9.17) is 9.47 Å². The van der Waals surface area contributed by atoms with E-state index in [1.807, 2.05) is 6.92 Å². The first-order valence-electron chi connectivity index (χ1n) is 9.22. The summed E-state index contributed by atoms with van der Waals surface area (Å²) < 4.78 is 26.1. The van der Waals surface area contributed by atoms with Crippen LogP contribution in [0.4, 0.5) is 4.39 Å². The summed E-state index contributed by atoms with van der Waals surface area (Å²) in [6, 6.07) is 8.03. The van der Waals surface area contributed by atoms with Crippen LogP contribution in [-0.2, 0) is 13.1 Å². The van der Waals surface area contributed by atoms with Crippen molar-refractivity contribution < 1.29 is 18.7 Å². The molecule has 0 radical (unpaired) electrons. The number of carbonyl (C=O) groups is 1. The van der Waals surface area contributed by atoms with Crippen molar-refractivity contribution in [1.82, 2.24) is 9.88 Å². The quantitative estimate of drug-likeness (QED) is 0.691. The number of aromatic nitrogens is 1. The third-order valence-electron chi connectivity index (χ3n) is 4.82. The summed E-state index contributed by atoms with van der Waals surface area (Å²) in [6.45, 7) is 4.05. The number of nitrogens with one attached hydrogen (secondary N) is 1. The first-order chi connectivity index (χ1) is 13.9. The molecule has 0 bridgehead atoms. The molecule has 0 aliphatic carbocycles. The van der Waals surface area contributed by atoms with E-state index in [1.54, 1.807) is 31.2 Å². The number of amides is 1. The Labute approximate surface area is 167 Å². The third kappa shape index (κ3) is 3.94. The fourth-order valence-corrected chi connectivity index (χ4v) is 3.20. The van der Waals surface area contributed by atoms with E-state index < -0.39 is 5.91 Å². The Balaban J connectivity index is 2.05. The zero-order valence-corrected chi connectivity index (χ0v) is 16.8. The second-order valence-corrected chi connectivity index (χ2v) is 6.66. The largest absolute Gasteiger partial charge is 0.493 e. The average molecular weight is 398 g/mol. The summed E-state index contributed by atoms with van der Waals surface area (Å²) in [5.74, 6) is 0.0239. The topological polar surface area (TPSA) is 69.6 Å². The molecule has 2 aromatic carbocycles. The first kappa shape index (κ1) is 20.4. The first-order valence-corrected chi connectivity index (χ1v) is 9.22. The number of methoxy groups -OCH3 is 2. The SMILES string of the molecule is CCn1cc(C(=O)NCc2ccc(C)cc2F)c2cc(OC)c(OC)cc2c1=O. The smallest absolute Gasteiger partial charge is 0.258 e. The van der Waals surface area contributed by atoms with Gasteiger partial charge in [-0.3, -0.25) is 9.59 Å². The lowest BCUT2D eigenvalue weighted by atomic mass is 10.1. The molecule has 0 unspecified atom stereocenters. The maximum absolute atomic E-state index is 14.1. The summed E-state index contributed by atoms with van der Waals surface area (Å²) >= 11 is 0. The Morgan fingerprint density at radius 2 is 1.76 bits per heavy atom. The van der Waals surface area contributed by atoms with Gasteiger partial charge in [-0.15, -0.1) is 0 Å². The van der Waals surface area contributed by atoms with Crippen LogP contribution in [0.2, 0.25) is 0 Å². The Morgan fingerprint density at radius 3 is 2.34 bits per heavy atom. The van der Waals surface area contributed by atoms with Crippen LogP contribution in [0.25, 0.3) is 10.8 Å². The molecule has 1 heterocycles. The van der Waals surface area contributed by atoms with Gasteiger partial charge in [0.15, 0.2) is 11.5 Å². The lowest BCUT2D eigenvalue weighted by Gasteiger charge is -2.14. The predicted molar refractivity (Wildman–Crippen MR) is 109 cm³/mol. The molecule has 29 heavy (non-hydrogen) atoms. The molecule has 0 aliphatic heterocycles. The summed E-state index contributed by atoms with van der Waals surface area (Å²) in [5, 5.41) is 3.53. The van der Waals surface area contributed by atoms with Crippen LogP contribution in [0.1, 0.15) is 28.4 Å². The normalized spacial score (nSPS) is 10.8. The van der Waals surface area contributed by atoms with Gasteiger partial charge in [-0.25, -0.2) is 4.39 Å². The number of ether oxygens (including phenoxy) is 2. The van der Waals surface area contributed by atoms with Crippen LogP contribution in [0.15, 0.2) is 41.3 Å². The van der Waals surface area contributed by atoms with Gasteiger partial charge in [-0.2, -0.15) is 0 Å². The summed E-state index contributed by atoms with van der Waals surface area (Å²) in [7, 11) is 2.96. The molecular weight excluding hydrogens is 375 g/mol. The van der Waals surface area contributed by atoms with E-state index in [0.29, 0.717) is 39.9 Å². The lowest BCUT2D eigenvalue weighted by Crippen LogP contribution is -2.27. The zero-order chi connectivity index (χ0) is 21.1. The number of hydrogen-bond acceptors (Lipinski definition) is 4. The summed E-state index contributed by atoms with van der Waals surface area (Å²) in [4.78, 5) is 25.7. The van der Waals surface area contributed by atoms with Crippen molar-refractivity contribution in [2.24, 2.45) is 0 Å². The van der Waals surface area contributed by atoms with Gasteiger partial charge < -0.3 is 19.4 Å². The van der Waals surface area contributed by atoms with Crippen molar-refractivity contribution in [2.75, 3.05) is 14.2 Å². The number of fused-ring (bicyclic) bond motifs is 1. The number of carbonyl (C=O) groups excluding carboxylic acids is 1. The van der Waals surface area contributed by atoms with Gasteiger partial charge in [0.1, 0.15) is 5.82 Å². The molecule has 3 rings (SSSR count). The van der Waals surface area contributed by atoms with Gasteiger partial charge in [0.2, 0.25) is 0 Å². The molecule has 0 fully saturated rings. The molecule has 7 heteroatoms. The Morgan fingerprint density at radius 1 is 1.10 bits per heavy atom. The highest BCUT2D eigenvalue weighted by atomic mass is 19.1. The van der Waals surface area contributed by atoms with Gasteiger partial charge in [0.25, 0.3) is 11.5 Å². The molecule has 0 atom stereocenters. The molecule has 3 aromatic rings. The third-order valence-corrected chi connectivity index (χ3v) is 4.82. The minimum absolute atomic E-state index is 0.0327. The zero-order valence-electron chi connectivity index (χ0n) is 16.8. The maximum atomic E-state index is 14.1. The van der Waals surface area contributed by atoms with Crippen molar-refractivity contribution in [3.05, 3.63) is 69.4 Å². The predicted octanol–water partition coefficient (Wildman–Crippen LogP) is 3.42. The van der Waals surface area contributed by atoms with Crippen molar-refractivity contribution in [1.29, 1.82) is 0 Å². The molecular formula is C22H23FN2O4. The van der Waals surface area contributed by atoms with E-state index in [0.717, 1.165) is 5.56 Å². The number of nitrogens with zero attached hydrogens (tertiary/aromatic N) is 1. The van der Waals surface area contributed by atoms with E-state index in [-0.39, 0.29) is 17.9 Å². The van der Waals surface area contributed by atoms with Gasteiger partial charge in [0.05, 0.1) is 25.2 Å². The molecule has 0 spiro atoms. The molecule has 6 nitrogen and oxygen atoms in total. The minimum Gasteiger partial charge on any atom is -0.493 e. The molecule has 0 saturated carbocycles. The molecule has 1 N–H and O–H groups in total. The molecule has 0 aliphatic rings. The van der Waals surface area contributed by atoms with E-state index in [1.165, 1.54) is 31.0 Å². The number of rotatable bonds is 6. The van der Waals surface area contributed by atoms with Gasteiger partial charge in [-0.05, 0) is 37.6 Å². The fraction of sp³-hybridized carbons (Fsp3) is 0.273. The van der Waals surface area contributed by atoms with Crippen LogP contribution >= 0.6 is 0 Å². The van der Waals surface area contributed by atoms with E-state index in [9.17, 15) is 14.0 Å². The van der Waals surface area contributed by atoms with Crippen molar-refractivity contribution in [2.45, 2.75) is 26.9 Å². The summed E-state index contributed by atoms with van der Waals surface area (Å²) in [5.41, 5.74) is 1.26. The van der Waals surface area contributed by atoms with Gasteiger partial charge >= 0.3 is 0 Å². The Hall–Kier alpha value is -3.35. The van der Waals surface area contributed by atoms with Crippen LogP contribution < -0.4 is 20.3 Å². The number of benzene rings is 2. The maximum Gasteiger partial charge on any atom is 0.258 e. The van der Waals surface area contributed by atoms with Crippen LogP contribution in [0, 0.1) is 12.7 Å². The monoisotopic (exact) mass is 398 g/mol. The highest BCUT2D eigenvalue weighted by molar-refractivity contribution is 6.07. The molecule has 0 saturated heterocycles. The van der Waals surface area contributed by atoms with Crippen LogP contribution in [-0.4, -0.2) is 24.7 Å². The lowest BCUT2D eigenvalue weighted by molar-refractivity contribution is 0.0951. The minimum atomic E-state index is -0.413. The second-order valence-electron chi connectivity index (χ2n) is 6.66. The van der Waals surface area contributed by atoms with E-state index in [2.05, 4.69) is 5.32 Å². The van der Waals surface area contributed by atoms with Crippen molar-refractivity contribution >= 4 is 16.7 Å².